The molecule has 2 atom stereocenters. The van der Waals surface area contributed by atoms with Gasteiger partial charge in [-0.15, -0.1) is 0 Å². The molecule has 20 heavy (non-hydrogen) atoms. The summed E-state index contributed by atoms with van der Waals surface area (Å²) in [5.41, 5.74) is 7.42. The molecule has 2 N–H and O–H groups in total. The number of hydrogen-bond acceptors (Lipinski definition) is 3. The Bertz CT molecular complexity index is 443. The highest BCUT2D eigenvalue weighted by Crippen LogP contribution is 2.26. The van der Waals surface area contributed by atoms with Crippen LogP contribution in [-0.4, -0.2) is 43.7 Å². The minimum Gasteiger partial charge on any atom is -0.369 e. The van der Waals surface area contributed by atoms with Crippen LogP contribution in [0.2, 0.25) is 5.02 Å². The van der Waals surface area contributed by atoms with Gasteiger partial charge < -0.3 is 10.6 Å². The highest BCUT2D eigenvalue weighted by atomic mass is 35.5. The van der Waals surface area contributed by atoms with Gasteiger partial charge in [-0.25, -0.2) is 0 Å². The Morgan fingerprint density at radius 1 is 1.15 bits per heavy atom. The maximum absolute atomic E-state index is 6.18. The number of anilines is 1. The lowest BCUT2D eigenvalue weighted by atomic mass is 10.0. The molecule has 2 fully saturated rings. The van der Waals surface area contributed by atoms with E-state index < -0.39 is 0 Å². The van der Waals surface area contributed by atoms with E-state index in [0.717, 1.165) is 31.2 Å². The number of halogens is 1. The Balaban J connectivity index is 1.52. The molecule has 1 aromatic carbocycles. The molecule has 1 saturated heterocycles. The summed E-state index contributed by atoms with van der Waals surface area (Å²) in [6, 6.07) is 8.60. The fourth-order valence-electron chi connectivity index (χ4n) is 3.49. The molecular weight excluding hydrogens is 270 g/mol. The van der Waals surface area contributed by atoms with Gasteiger partial charge in [0.25, 0.3) is 0 Å². The van der Waals surface area contributed by atoms with Crippen molar-refractivity contribution in [3.05, 3.63) is 29.3 Å². The summed E-state index contributed by atoms with van der Waals surface area (Å²) in [5.74, 6) is 0.715. The van der Waals surface area contributed by atoms with Gasteiger partial charge in [0.05, 0.1) is 0 Å². The number of nitrogens with zero attached hydrogens (tertiary/aromatic N) is 2. The number of rotatable bonds is 3. The van der Waals surface area contributed by atoms with Gasteiger partial charge in [0.15, 0.2) is 0 Å². The van der Waals surface area contributed by atoms with Crippen molar-refractivity contribution in [1.29, 1.82) is 0 Å². The lowest BCUT2D eigenvalue weighted by Gasteiger charge is -2.37. The van der Waals surface area contributed by atoms with E-state index in [2.05, 4.69) is 21.9 Å². The molecule has 3 rings (SSSR count). The van der Waals surface area contributed by atoms with Crippen LogP contribution in [0.15, 0.2) is 24.3 Å². The molecule has 0 bridgehead atoms. The molecule has 0 spiro atoms. The normalized spacial score (nSPS) is 28.0. The summed E-state index contributed by atoms with van der Waals surface area (Å²) >= 11 is 6.07. The minimum atomic E-state index is 0.431. The summed E-state index contributed by atoms with van der Waals surface area (Å²) in [5, 5.41) is 0.821. The second-order valence-electron chi connectivity index (χ2n) is 6.12. The summed E-state index contributed by atoms with van der Waals surface area (Å²) in [6.45, 7) is 5.63. The zero-order valence-corrected chi connectivity index (χ0v) is 12.7. The number of hydrogen-bond donors (Lipinski definition) is 1. The van der Waals surface area contributed by atoms with Gasteiger partial charge in [0, 0.05) is 49.5 Å². The molecule has 0 aromatic heterocycles. The van der Waals surface area contributed by atoms with Crippen molar-refractivity contribution in [2.75, 3.05) is 37.6 Å². The maximum atomic E-state index is 6.18. The largest absolute Gasteiger partial charge is 0.369 e. The molecule has 1 saturated carbocycles. The van der Waals surface area contributed by atoms with E-state index >= 15 is 0 Å². The predicted molar refractivity (Wildman–Crippen MR) is 85.4 cm³/mol. The van der Waals surface area contributed by atoms with Crippen molar-refractivity contribution in [2.24, 2.45) is 11.7 Å². The molecule has 2 aliphatic rings. The lowest BCUT2D eigenvalue weighted by Crippen LogP contribution is -2.49. The third-order valence-corrected chi connectivity index (χ3v) is 4.99. The highest BCUT2D eigenvalue weighted by molar-refractivity contribution is 6.30. The molecule has 0 radical (unpaired) electrons. The smallest absolute Gasteiger partial charge is 0.0426 e. The first-order chi connectivity index (χ1) is 9.72. The van der Waals surface area contributed by atoms with Gasteiger partial charge in [0.1, 0.15) is 0 Å². The van der Waals surface area contributed by atoms with Crippen molar-refractivity contribution in [1.82, 2.24) is 4.90 Å². The quantitative estimate of drug-likeness (QED) is 0.930. The van der Waals surface area contributed by atoms with Crippen LogP contribution in [0.4, 0.5) is 5.69 Å². The van der Waals surface area contributed by atoms with Crippen LogP contribution >= 0.6 is 11.6 Å². The molecule has 0 amide bonds. The molecule has 3 nitrogen and oxygen atoms in total. The van der Waals surface area contributed by atoms with E-state index in [1.165, 1.54) is 31.5 Å². The highest BCUT2D eigenvalue weighted by Gasteiger charge is 2.27. The van der Waals surface area contributed by atoms with E-state index in [9.17, 15) is 0 Å². The Kier molecular flexibility index (Phi) is 4.49. The first-order valence-electron chi connectivity index (χ1n) is 7.71. The van der Waals surface area contributed by atoms with Gasteiger partial charge in [0.2, 0.25) is 0 Å². The van der Waals surface area contributed by atoms with Gasteiger partial charge in [-0.3, -0.25) is 4.90 Å². The monoisotopic (exact) mass is 293 g/mol. The minimum absolute atomic E-state index is 0.431. The van der Waals surface area contributed by atoms with Crippen LogP contribution in [0.3, 0.4) is 0 Å². The van der Waals surface area contributed by atoms with E-state index in [4.69, 9.17) is 17.3 Å². The Labute approximate surface area is 126 Å². The first kappa shape index (κ1) is 14.2. The Morgan fingerprint density at radius 3 is 2.60 bits per heavy atom. The summed E-state index contributed by atoms with van der Waals surface area (Å²) in [7, 11) is 0. The predicted octanol–water partition coefficient (Wildman–Crippen LogP) is 2.59. The first-order valence-corrected chi connectivity index (χ1v) is 8.08. The molecule has 1 aliphatic heterocycles. The van der Waals surface area contributed by atoms with Gasteiger partial charge in [-0.1, -0.05) is 24.1 Å². The van der Waals surface area contributed by atoms with Crippen LogP contribution in [0.5, 0.6) is 0 Å². The molecule has 1 aromatic rings. The number of nitrogens with two attached hydrogens (primary N) is 1. The molecular formula is C16H24ClN3. The van der Waals surface area contributed by atoms with E-state index in [0.29, 0.717) is 12.0 Å². The molecule has 110 valence electrons. The second kappa shape index (κ2) is 6.33. The third-order valence-electron chi connectivity index (χ3n) is 4.76. The molecule has 4 heteroatoms. The average Bonchev–Trinajstić information content (AvgIpc) is 2.85. The van der Waals surface area contributed by atoms with Crippen molar-refractivity contribution < 1.29 is 0 Å². The van der Waals surface area contributed by atoms with Crippen LogP contribution in [-0.2, 0) is 0 Å². The zero-order valence-electron chi connectivity index (χ0n) is 12.0. The topological polar surface area (TPSA) is 32.5 Å². The van der Waals surface area contributed by atoms with Gasteiger partial charge >= 0.3 is 0 Å². The second-order valence-corrected chi connectivity index (χ2v) is 6.56. The molecule has 2 unspecified atom stereocenters. The van der Waals surface area contributed by atoms with E-state index in [-0.39, 0.29) is 0 Å². The van der Waals surface area contributed by atoms with Crippen LogP contribution in [0.25, 0.3) is 0 Å². The van der Waals surface area contributed by atoms with Gasteiger partial charge in [-0.2, -0.15) is 0 Å². The van der Waals surface area contributed by atoms with Crippen molar-refractivity contribution >= 4 is 17.3 Å². The fraction of sp³-hybridized carbons (Fsp3) is 0.625. The van der Waals surface area contributed by atoms with Crippen LogP contribution < -0.4 is 10.6 Å². The molecule has 1 heterocycles. The van der Waals surface area contributed by atoms with Crippen LogP contribution in [0, 0.1) is 5.92 Å². The Morgan fingerprint density at radius 2 is 1.95 bits per heavy atom. The lowest BCUT2D eigenvalue weighted by molar-refractivity contribution is 0.212. The van der Waals surface area contributed by atoms with Crippen molar-refractivity contribution in [3.8, 4) is 0 Å². The average molecular weight is 294 g/mol. The van der Waals surface area contributed by atoms with Crippen molar-refractivity contribution in [3.63, 3.8) is 0 Å². The Hall–Kier alpha value is -0.770. The van der Waals surface area contributed by atoms with Crippen LogP contribution in [0.1, 0.15) is 19.3 Å². The fourth-order valence-corrected chi connectivity index (χ4v) is 3.67. The zero-order chi connectivity index (χ0) is 13.9. The van der Waals surface area contributed by atoms with E-state index in [1.807, 2.05) is 12.1 Å². The van der Waals surface area contributed by atoms with E-state index in [1.54, 1.807) is 0 Å². The molecule has 1 aliphatic carbocycles. The standard InChI is InChI=1S/C16H24ClN3/c17-14-4-2-5-15(11-14)20-9-7-19(8-10-20)12-13-3-1-6-16(13)18/h2,4-5,11,13,16H,1,3,6-10,12,18H2. The SMILES string of the molecule is NC1CCCC1CN1CCN(c2cccc(Cl)c2)CC1. The summed E-state index contributed by atoms with van der Waals surface area (Å²) in [4.78, 5) is 5.01. The maximum Gasteiger partial charge on any atom is 0.0426 e. The number of piperazine rings is 1. The van der Waals surface area contributed by atoms with Gasteiger partial charge in [-0.05, 0) is 37.0 Å². The summed E-state index contributed by atoms with van der Waals surface area (Å²) < 4.78 is 0. The number of benzene rings is 1. The third kappa shape index (κ3) is 3.27. The van der Waals surface area contributed by atoms with Crippen molar-refractivity contribution in [2.45, 2.75) is 25.3 Å². The summed E-state index contributed by atoms with van der Waals surface area (Å²) in [6.07, 6.45) is 3.84.